The fourth-order valence-corrected chi connectivity index (χ4v) is 8.16. The summed E-state index contributed by atoms with van der Waals surface area (Å²) < 4.78 is 16.2. The van der Waals surface area contributed by atoms with Crippen LogP contribution in [0, 0.1) is 0 Å². The van der Waals surface area contributed by atoms with Crippen molar-refractivity contribution in [2.45, 2.75) is 0 Å². The molecule has 4 rings (SSSR count). The quantitative estimate of drug-likeness (QED) is 0.236. The van der Waals surface area contributed by atoms with E-state index in [9.17, 15) is 0 Å². The molecule has 0 aliphatic carbocycles. The minimum absolute atomic E-state index is 0.146. The second kappa shape index (κ2) is 11.2. The molecule has 0 spiro atoms. The molecule has 0 atom stereocenters. The van der Waals surface area contributed by atoms with Crippen LogP contribution < -0.4 is 18.4 Å². The third kappa shape index (κ3) is 5.73. The summed E-state index contributed by atoms with van der Waals surface area (Å²) in [7, 11) is 3.42. The van der Waals surface area contributed by atoms with Gasteiger partial charge in [0, 0.05) is 0 Å². The summed E-state index contributed by atoms with van der Waals surface area (Å²) in [5.41, 5.74) is 2.58. The number of methoxy groups -OCH3 is 2. The van der Waals surface area contributed by atoms with E-state index in [1.165, 1.54) is 29.0 Å². The predicted octanol–water partition coefficient (Wildman–Crippen LogP) is 4.59. The van der Waals surface area contributed by atoms with Gasteiger partial charge in [-0.25, -0.2) is 0 Å². The Morgan fingerprint density at radius 2 is 0.812 bits per heavy atom. The van der Waals surface area contributed by atoms with Crippen LogP contribution in [0.25, 0.3) is 8.94 Å². The molecule has 0 radical (unpaired) electrons. The normalized spacial score (nSPS) is 11.6. The van der Waals surface area contributed by atoms with E-state index < -0.39 is 0 Å². The minimum atomic E-state index is 0.146. The molecular weight excluding hydrogens is 526 g/mol. The summed E-state index contributed by atoms with van der Waals surface area (Å²) in [5, 5.41) is 0. The zero-order valence-corrected chi connectivity index (χ0v) is 21.5. The monoisotopic (exact) mass is 552 g/mol. The van der Waals surface area contributed by atoms with Gasteiger partial charge in [-0.3, -0.25) is 0 Å². The molecule has 2 nitrogen and oxygen atoms in total. The van der Waals surface area contributed by atoms with Crippen molar-refractivity contribution in [3.63, 3.8) is 0 Å². The maximum absolute atomic E-state index is 5.36. The van der Waals surface area contributed by atoms with Gasteiger partial charge in [0.05, 0.1) is 0 Å². The van der Waals surface area contributed by atoms with Crippen LogP contribution >= 0.6 is 0 Å². The molecule has 0 saturated carbocycles. The summed E-state index contributed by atoms with van der Waals surface area (Å²) in [5.74, 6) is 1.78. The van der Waals surface area contributed by atoms with E-state index in [4.69, 9.17) is 9.47 Å². The van der Waals surface area contributed by atoms with Crippen molar-refractivity contribution in [2.24, 2.45) is 0 Å². The first-order chi connectivity index (χ1) is 15.8. The summed E-state index contributed by atoms with van der Waals surface area (Å²) in [6.07, 6.45) is 0. The molecule has 4 aromatic carbocycles. The molecule has 0 aliphatic heterocycles. The van der Waals surface area contributed by atoms with Crippen molar-refractivity contribution in [3.05, 3.63) is 120 Å². The third-order valence-corrected chi connectivity index (χ3v) is 10.3. The van der Waals surface area contributed by atoms with Crippen LogP contribution in [0.1, 0.15) is 11.1 Å². The summed E-state index contributed by atoms with van der Waals surface area (Å²) >= 11 is 0.292. The van der Waals surface area contributed by atoms with Crippen LogP contribution in [0.4, 0.5) is 0 Å². The summed E-state index contributed by atoms with van der Waals surface area (Å²) in [4.78, 5) is 0. The SMILES string of the molecule is COc1ccc([Se]/C(=C(/[Se]c2ccc(OC)cc2)c2ccccc2)c2ccccc2)cc1. The van der Waals surface area contributed by atoms with E-state index >= 15 is 0 Å². The van der Waals surface area contributed by atoms with E-state index in [2.05, 4.69) is 109 Å². The van der Waals surface area contributed by atoms with Crippen LogP contribution in [0.5, 0.6) is 11.5 Å². The second-order valence-corrected chi connectivity index (χ2v) is 11.5. The molecule has 0 amide bonds. The van der Waals surface area contributed by atoms with Crippen molar-refractivity contribution >= 4 is 47.8 Å². The Kier molecular flexibility index (Phi) is 7.87. The molecule has 0 aromatic heterocycles. The Balaban J connectivity index is 1.83. The Bertz CT molecular complexity index is 1060. The number of ether oxygens (including phenoxy) is 2. The van der Waals surface area contributed by atoms with Gasteiger partial charge < -0.3 is 0 Å². The van der Waals surface area contributed by atoms with E-state index in [0.29, 0.717) is 0 Å². The molecule has 0 unspecified atom stereocenters. The number of rotatable bonds is 8. The summed E-state index contributed by atoms with van der Waals surface area (Å²) in [6, 6.07) is 38.5. The second-order valence-electron chi connectivity index (χ2n) is 6.95. The van der Waals surface area contributed by atoms with E-state index in [0.717, 1.165) is 11.5 Å². The number of benzene rings is 4. The van der Waals surface area contributed by atoms with Gasteiger partial charge in [-0.05, 0) is 0 Å². The standard InChI is InChI=1S/C28H24O2Se2/c1-29-23-13-17-25(18-14-23)31-27(21-9-5-3-6-10-21)28(22-11-7-4-8-12-22)32-26-19-15-24(30-2)16-20-26/h3-20H,1-2H3/b28-27+. The van der Waals surface area contributed by atoms with Crippen LogP contribution in [0.3, 0.4) is 0 Å². The Morgan fingerprint density at radius 3 is 1.12 bits per heavy atom. The third-order valence-electron chi connectivity index (χ3n) is 4.84. The van der Waals surface area contributed by atoms with Gasteiger partial charge in [-0.15, -0.1) is 0 Å². The van der Waals surface area contributed by atoms with Crippen molar-refractivity contribution < 1.29 is 9.47 Å². The van der Waals surface area contributed by atoms with Gasteiger partial charge in [0.15, 0.2) is 0 Å². The Morgan fingerprint density at radius 1 is 0.469 bits per heavy atom. The van der Waals surface area contributed by atoms with Crippen LogP contribution in [-0.2, 0) is 0 Å². The summed E-state index contributed by atoms with van der Waals surface area (Å²) in [6.45, 7) is 0. The molecule has 32 heavy (non-hydrogen) atoms. The first kappa shape index (κ1) is 22.5. The average Bonchev–Trinajstić information content (AvgIpc) is 2.88. The van der Waals surface area contributed by atoms with Gasteiger partial charge in [0.1, 0.15) is 0 Å². The van der Waals surface area contributed by atoms with Crippen molar-refractivity contribution in [3.8, 4) is 11.5 Å². The first-order valence-corrected chi connectivity index (χ1v) is 13.7. The maximum atomic E-state index is 5.36. The number of hydrogen-bond acceptors (Lipinski definition) is 2. The van der Waals surface area contributed by atoms with Gasteiger partial charge in [-0.1, -0.05) is 0 Å². The molecular formula is C28H24O2Se2. The van der Waals surface area contributed by atoms with Crippen LogP contribution in [-0.4, -0.2) is 44.1 Å². The average molecular weight is 550 g/mol. The zero-order valence-electron chi connectivity index (χ0n) is 18.0. The molecule has 4 heteroatoms. The fourth-order valence-electron chi connectivity index (χ4n) is 3.18. The molecule has 0 bridgehead atoms. The van der Waals surface area contributed by atoms with Gasteiger partial charge >= 0.3 is 203 Å². The van der Waals surface area contributed by atoms with Gasteiger partial charge in [0.2, 0.25) is 0 Å². The van der Waals surface area contributed by atoms with Gasteiger partial charge in [0.25, 0.3) is 0 Å². The molecule has 0 saturated heterocycles. The Hall–Kier alpha value is -2.74. The van der Waals surface area contributed by atoms with Crippen molar-refractivity contribution in [1.29, 1.82) is 0 Å². The van der Waals surface area contributed by atoms with E-state index in [1.54, 1.807) is 14.2 Å². The van der Waals surface area contributed by atoms with Gasteiger partial charge in [-0.2, -0.15) is 0 Å². The molecule has 0 N–H and O–H groups in total. The number of hydrogen-bond donors (Lipinski definition) is 0. The van der Waals surface area contributed by atoms with Crippen LogP contribution in [0.2, 0.25) is 0 Å². The van der Waals surface area contributed by atoms with Crippen molar-refractivity contribution in [2.75, 3.05) is 14.2 Å². The fraction of sp³-hybridized carbons (Fsp3) is 0.0714. The molecule has 0 fully saturated rings. The molecule has 0 heterocycles. The predicted molar refractivity (Wildman–Crippen MR) is 136 cm³/mol. The molecule has 4 aromatic rings. The topological polar surface area (TPSA) is 18.5 Å². The first-order valence-electron chi connectivity index (χ1n) is 10.3. The van der Waals surface area contributed by atoms with Crippen molar-refractivity contribution in [1.82, 2.24) is 0 Å². The zero-order chi connectivity index (χ0) is 22.2. The van der Waals surface area contributed by atoms with E-state index in [1.807, 2.05) is 0 Å². The van der Waals surface area contributed by atoms with Crippen LogP contribution in [0.15, 0.2) is 109 Å². The van der Waals surface area contributed by atoms with E-state index in [-0.39, 0.29) is 29.9 Å². The molecule has 0 aliphatic rings. The Labute approximate surface area is 202 Å². The molecule has 160 valence electrons.